The molecule has 1 aliphatic rings. The zero-order valence-corrected chi connectivity index (χ0v) is 16.1. The monoisotopic (exact) mass is 390 g/mol. The molecule has 0 spiro atoms. The molecule has 9 heteroatoms. The second-order valence-corrected chi connectivity index (χ2v) is 7.11. The van der Waals surface area contributed by atoms with Gasteiger partial charge in [-0.1, -0.05) is 17.4 Å². The number of aromatic nitrogens is 2. The van der Waals surface area contributed by atoms with Crippen molar-refractivity contribution in [3.05, 3.63) is 29.3 Å². The lowest BCUT2D eigenvalue weighted by atomic mass is 10.1. The van der Waals surface area contributed by atoms with Crippen molar-refractivity contribution in [2.75, 3.05) is 37.1 Å². The normalized spacial score (nSPS) is 16.6. The highest BCUT2D eigenvalue weighted by atomic mass is 32.1. The molecular formula is C18H22N4O4S. The summed E-state index contributed by atoms with van der Waals surface area (Å²) >= 11 is 1.32. The maximum atomic E-state index is 12.5. The summed E-state index contributed by atoms with van der Waals surface area (Å²) < 4.78 is 10.5. The van der Waals surface area contributed by atoms with Crippen LogP contribution in [-0.2, 0) is 20.7 Å². The largest absolute Gasteiger partial charge is 0.497 e. The molecule has 1 unspecified atom stereocenters. The van der Waals surface area contributed by atoms with Crippen LogP contribution in [-0.4, -0.2) is 48.9 Å². The van der Waals surface area contributed by atoms with Crippen LogP contribution in [0.25, 0.3) is 0 Å². The number of nitrogens with one attached hydrogen (secondary N) is 1. The van der Waals surface area contributed by atoms with Crippen LogP contribution in [0.15, 0.2) is 24.3 Å². The number of methoxy groups -OCH3 is 1. The van der Waals surface area contributed by atoms with Gasteiger partial charge in [0.2, 0.25) is 16.9 Å². The van der Waals surface area contributed by atoms with E-state index < -0.39 is 5.92 Å². The molecule has 2 amide bonds. The number of rotatable bonds is 8. The molecule has 1 aliphatic heterocycles. The Hall–Kier alpha value is -2.52. The Balaban J connectivity index is 1.59. The molecule has 1 N–H and O–H groups in total. The van der Waals surface area contributed by atoms with Gasteiger partial charge in [-0.05, 0) is 19.1 Å². The summed E-state index contributed by atoms with van der Waals surface area (Å²) in [6.07, 6.45) is 0.825. The Bertz CT molecular complexity index is 810. The second-order valence-electron chi connectivity index (χ2n) is 6.04. The maximum absolute atomic E-state index is 12.5. The molecule has 0 aliphatic carbocycles. The molecule has 0 saturated carbocycles. The average Bonchev–Trinajstić information content (AvgIpc) is 3.28. The van der Waals surface area contributed by atoms with Crippen LogP contribution in [0.1, 0.15) is 18.4 Å². The van der Waals surface area contributed by atoms with Crippen molar-refractivity contribution in [2.24, 2.45) is 5.92 Å². The van der Waals surface area contributed by atoms with Crippen LogP contribution >= 0.6 is 11.3 Å². The third kappa shape index (κ3) is 4.81. The molecule has 0 bridgehead atoms. The van der Waals surface area contributed by atoms with Crippen LogP contribution in [0.5, 0.6) is 5.75 Å². The van der Waals surface area contributed by atoms with Crippen LogP contribution in [0.3, 0.4) is 0 Å². The lowest BCUT2D eigenvalue weighted by Gasteiger charge is -2.17. The summed E-state index contributed by atoms with van der Waals surface area (Å²) in [6, 6.07) is 7.25. The van der Waals surface area contributed by atoms with E-state index in [9.17, 15) is 9.59 Å². The molecule has 1 fully saturated rings. The zero-order chi connectivity index (χ0) is 19.2. The third-order valence-electron chi connectivity index (χ3n) is 4.22. The number of anilines is 2. The summed E-state index contributed by atoms with van der Waals surface area (Å²) in [7, 11) is 1.58. The van der Waals surface area contributed by atoms with E-state index in [0.717, 1.165) is 10.7 Å². The summed E-state index contributed by atoms with van der Waals surface area (Å²) in [5.41, 5.74) is 0.726. The Morgan fingerprint density at radius 1 is 1.41 bits per heavy atom. The standard InChI is InChI=1S/C18H22N4O4S/c1-3-26-8-7-15-20-21-18(27-15)19-17(24)12-9-16(23)22(11-12)13-5-4-6-14(10-13)25-2/h4-6,10,12H,3,7-9,11H2,1-2H3,(H,19,21,24). The molecule has 8 nitrogen and oxygen atoms in total. The number of hydrogen-bond acceptors (Lipinski definition) is 7. The van der Waals surface area contributed by atoms with Crippen molar-refractivity contribution < 1.29 is 19.1 Å². The van der Waals surface area contributed by atoms with Crippen molar-refractivity contribution in [1.82, 2.24) is 10.2 Å². The van der Waals surface area contributed by atoms with Gasteiger partial charge in [0.1, 0.15) is 10.8 Å². The Labute approximate surface area is 161 Å². The summed E-state index contributed by atoms with van der Waals surface area (Å²) in [5.74, 6) is -0.0690. The van der Waals surface area contributed by atoms with Gasteiger partial charge in [-0.25, -0.2) is 0 Å². The van der Waals surface area contributed by atoms with E-state index in [4.69, 9.17) is 9.47 Å². The van der Waals surface area contributed by atoms with E-state index in [1.54, 1.807) is 18.1 Å². The molecule has 2 heterocycles. The van der Waals surface area contributed by atoms with Gasteiger partial charge in [-0.2, -0.15) is 0 Å². The lowest BCUT2D eigenvalue weighted by molar-refractivity contribution is -0.122. The molecular weight excluding hydrogens is 368 g/mol. The van der Waals surface area contributed by atoms with E-state index in [2.05, 4.69) is 15.5 Å². The highest BCUT2D eigenvalue weighted by molar-refractivity contribution is 7.15. The summed E-state index contributed by atoms with van der Waals surface area (Å²) in [5, 5.41) is 12.1. The van der Waals surface area contributed by atoms with E-state index in [-0.39, 0.29) is 18.2 Å². The SMILES string of the molecule is CCOCCc1nnc(NC(=O)C2CC(=O)N(c3cccc(OC)c3)C2)s1. The smallest absolute Gasteiger partial charge is 0.231 e. The molecule has 1 aromatic carbocycles. The highest BCUT2D eigenvalue weighted by Crippen LogP contribution is 2.28. The van der Waals surface area contributed by atoms with Crippen LogP contribution < -0.4 is 15.0 Å². The first-order valence-corrected chi connectivity index (χ1v) is 9.57. The summed E-state index contributed by atoms with van der Waals surface area (Å²) in [4.78, 5) is 26.5. The second kappa shape index (κ2) is 8.92. The zero-order valence-electron chi connectivity index (χ0n) is 15.3. The highest BCUT2D eigenvalue weighted by Gasteiger charge is 2.35. The van der Waals surface area contributed by atoms with E-state index in [1.807, 2.05) is 25.1 Å². The summed E-state index contributed by atoms with van der Waals surface area (Å²) in [6.45, 7) is 3.49. The number of nitrogens with zero attached hydrogens (tertiary/aromatic N) is 3. The van der Waals surface area contributed by atoms with E-state index in [1.165, 1.54) is 11.3 Å². The molecule has 27 heavy (non-hydrogen) atoms. The fourth-order valence-corrected chi connectivity index (χ4v) is 3.55. The average molecular weight is 390 g/mol. The Kier molecular flexibility index (Phi) is 6.36. The van der Waals surface area contributed by atoms with Crippen LogP contribution in [0, 0.1) is 5.92 Å². The molecule has 3 rings (SSSR count). The maximum Gasteiger partial charge on any atom is 0.231 e. The minimum absolute atomic E-state index is 0.0851. The van der Waals surface area contributed by atoms with E-state index in [0.29, 0.717) is 37.1 Å². The first-order chi connectivity index (χ1) is 13.1. The van der Waals surface area contributed by atoms with Crippen LogP contribution in [0.2, 0.25) is 0 Å². The Morgan fingerprint density at radius 2 is 2.26 bits per heavy atom. The van der Waals surface area contributed by atoms with Gasteiger partial charge >= 0.3 is 0 Å². The molecule has 2 aromatic rings. The van der Waals surface area contributed by atoms with Crippen molar-refractivity contribution >= 4 is 34.0 Å². The first-order valence-electron chi connectivity index (χ1n) is 8.76. The number of hydrogen-bond donors (Lipinski definition) is 1. The van der Waals surface area contributed by atoms with Gasteiger partial charge in [0, 0.05) is 37.7 Å². The minimum Gasteiger partial charge on any atom is -0.497 e. The topological polar surface area (TPSA) is 93.7 Å². The predicted molar refractivity (Wildman–Crippen MR) is 102 cm³/mol. The number of amides is 2. The van der Waals surface area contributed by atoms with Gasteiger partial charge < -0.3 is 19.7 Å². The van der Waals surface area contributed by atoms with Gasteiger partial charge in [0.25, 0.3) is 0 Å². The van der Waals surface area contributed by atoms with Crippen molar-refractivity contribution in [1.29, 1.82) is 0 Å². The van der Waals surface area contributed by atoms with Crippen LogP contribution in [0.4, 0.5) is 10.8 Å². The lowest BCUT2D eigenvalue weighted by Crippen LogP contribution is -2.28. The van der Waals surface area contributed by atoms with Crippen molar-refractivity contribution in [2.45, 2.75) is 19.8 Å². The quantitative estimate of drug-likeness (QED) is 0.694. The Morgan fingerprint density at radius 3 is 3.04 bits per heavy atom. The number of benzene rings is 1. The number of carbonyl (C=O) groups excluding carboxylic acids is 2. The fourth-order valence-electron chi connectivity index (χ4n) is 2.83. The number of carbonyl (C=O) groups is 2. The van der Waals surface area contributed by atoms with Gasteiger partial charge in [-0.15, -0.1) is 10.2 Å². The van der Waals surface area contributed by atoms with Gasteiger partial charge in [0.15, 0.2) is 0 Å². The molecule has 144 valence electrons. The molecule has 1 aromatic heterocycles. The van der Waals surface area contributed by atoms with Crippen molar-refractivity contribution in [3.63, 3.8) is 0 Å². The van der Waals surface area contributed by atoms with E-state index >= 15 is 0 Å². The molecule has 1 atom stereocenters. The molecule has 0 radical (unpaired) electrons. The third-order valence-corrected chi connectivity index (χ3v) is 5.12. The van der Waals surface area contributed by atoms with Gasteiger partial charge in [0.05, 0.1) is 19.6 Å². The van der Waals surface area contributed by atoms with Gasteiger partial charge in [-0.3, -0.25) is 9.59 Å². The van der Waals surface area contributed by atoms with Crippen molar-refractivity contribution in [3.8, 4) is 5.75 Å². The number of ether oxygens (including phenoxy) is 2. The fraction of sp³-hybridized carbons (Fsp3) is 0.444. The molecule has 1 saturated heterocycles. The first kappa shape index (κ1) is 19.2. The predicted octanol–water partition coefficient (Wildman–Crippen LogP) is 2.12. The minimum atomic E-state index is -0.431.